The van der Waals surface area contributed by atoms with Gasteiger partial charge in [0.05, 0.1) is 11.1 Å². The van der Waals surface area contributed by atoms with Gasteiger partial charge >= 0.3 is 0 Å². The number of hydrogen-bond acceptors (Lipinski definition) is 3. The van der Waals surface area contributed by atoms with Gasteiger partial charge in [0.25, 0.3) is 10.0 Å². The zero-order chi connectivity index (χ0) is 18.7. The molecule has 0 spiro atoms. The van der Waals surface area contributed by atoms with E-state index in [2.05, 4.69) is 22.6 Å². The Morgan fingerprint density at radius 3 is 2.31 bits per heavy atom. The minimum Gasteiger partial charge on any atom is -0.371 e. The first-order valence-electron chi connectivity index (χ1n) is 8.99. The summed E-state index contributed by atoms with van der Waals surface area (Å²) in [5.74, 6) is 0. The monoisotopic (exact) mass is 370 g/mol. The van der Waals surface area contributed by atoms with E-state index in [9.17, 15) is 8.42 Å². The van der Waals surface area contributed by atoms with Gasteiger partial charge in [0.1, 0.15) is 0 Å². The number of hydrogen-bond donors (Lipinski definition) is 1. The van der Waals surface area contributed by atoms with E-state index in [0.717, 1.165) is 35.5 Å². The first kappa shape index (κ1) is 18.5. The number of nitrogens with one attached hydrogen (secondary N) is 1. The van der Waals surface area contributed by atoms with Crippen molar-refractivity contribution in [1.82, 2.24) is 0 Å². The van der Waals surface area contributed by atoms with Gasteiger partial charge in [0.15, 0.2) is 0 Å². The lowest BCUT2D eigenvalue weighted by Crippen LogP contribution is -2.21. The number of rotatable bonds is 5. The first-order valence-corrected chi connectivity index (χ1v) is 10.5. The summed E-state index contributed by atoms with van der Waals surface area (Å²) in [5.41, 5.74) is 5.85. The molecule has 0 aliphatic carbocycles. The van der Waals surface area contributed by atoms with Crippen molar-refractivity contribution in [2.75, 3.05) is 22.7 Å². The highest BCUT2D eigenvalue weighted by Gasteiger charge is 2.21. The van der Waals surface area contributed by atoms with Crippen LogP contribution >= 0.6 is 0 Å². The minimum atomic E-state index is -3.58. The smallest absolute Gasteiger partial charge is 0.255 e. The second-order valence-corrected chi connectivity index (χ2v) is 8.48. The molecule has 0 saturated carbocycles. The van der Waals surface area contributed by atoms with Crippen LogP contribution in [0.3, 0.4) is 0 Å². The number of anilines is 2. The quantitative estimate of drug-likeness (QED) is 0.835. The SMILES string of the molecule is Cc1cc(C)c(N2CCCC2)c(C)c1NS(=O)(=O)C=Cc1ccccc1. The molecule has 3 rings (SSSR count). The fraction of sp³-hybridized carbons (Fsp3) is 0.333. The summed E-state index contributed by atoms with van der Waals surface area (Å²) in [5, 5.41) is 1.23. The molecule has 26 heavy (non-hydrogen) atoms. The fourth-order valence-electron chi connectivity index (χ4n) is 3.67. The average molecular weight is 371 g/mol. The molecule has 1 heterocycles. The standard InChI is InChI=1S/C21H26N2O2S/c1-16-15-17(2)21(23-12-7-8-13-23)18(3)20(16)22-26(24,25)14-11-19-9-5-4-6-10-19/h4-6,9-11,14-15,22H,7-8,12-13H2,1-3H3. The molecule has 138 valence electrons. The van der Waals surface area contributed by atoms with E-state index in [1.54, 1.807) is 6.08 Å². The summed E-state index contributed by atoms with van der Waals surface area (Å²) in [6, 6.07) is 11.5. The number of aryl methyl sites for hydroxylation is 2. The van der Waals surface area contributed by atoms with E-state index in [4.69, 9.17) is 0 Å². The van der Waals surface area contributed by atoms with Gasteiger partial charge in [-0.15, -0.1) is 0 Å². The summed E-state index contributed by atoms with van der Waals surface area (Å²) < 4.78 is 27.9. The van der Waals surface area contributed by atoms with Crippen molar-refractivity contribution in [3.8, 4) is 0 Å². The minimum absolute atomic E-state index is 0.690. The number of sulfonamides is 1. The molecule has 5 heteroatoms. The molecule has 2 aromatic carbocycles. The van der Waals surface area contributed by atoms with Gasteiger partial charge in [0, 0.05) is 18.8 Å². The van der Waals surface area contributed by atoms with Gasteiger partial charge in [0.2, 0.25) is 0 Å². The molecule has 1 saturated heterocycles. The van der Waals surface area contributed by atoms with E-state index >= 15 is 0 Å². The summed E-state index contributed by atoms with van der Waals surface area (Å²) in [7, 11) is -3.58. The first-order chi connectivity index (χ1) is 12.4. The van der Waals surface area contributed by atoms with Crippen molar-refractivity contribution in [1.29, 1.82) is 0 Å². The highest BCUT2D eigenvalue weighted by Crippen LogP contribution is 2.35. The van der Waals surface area contributed by atoms with Crippen molar-refractivity contribution in [3.63, 3.8) is 0 Å². The Kier molecular flexibility index (Phi) is 5.37. The lowest BCUT2D eigenvalue weighted by Gasteiger charge is -2.25. The summed E-state index contributed by atoms with van der Waals surface area (Å²) in [6.07, 6.45) is 3.99. The van der Waals surface area contributed by atoms with Crippen LogP contribution in [0.4, 0.5) is 11.4 Å². The van der Waals surface area contributed by atoms with E-state index in [1.165, 1.54) is 23.8 Å². The van der Waals surface area contributed by atoms with Crippen LogP contribution in [0.5, 0.6) is 0 Å². The molecule has 0 bridgehead atoms. The number of nitrogens with zero attached hydrogens (tertiary/aromatic N) is 1. The Hall–Kier alpha value is -2.27. The Balaban J connectivity index is 1.91. The van der Waals surface area contributed by atoms with Crippen LogP contribution in [-0.2, 0) is 10.0 Å². The fourth-order valence-corrected chi connectivity index (χ4v) is 4.67. The average Bonchev–Trinajstić information content (AvgIpc) is 3.12. The zero-order valence-corrected chi connectivity index (χ0v) is 16.4. The Morgan fingerprint density at radius 1 is 1.00 bits per heavy atom. The Labute approximate surface area is 156 Å². The molecule has 0 unspecified atom stereocenters. The molecular formula is C21H26N2O2S. The van der Waals surface area contributed by atoms with Crippen LogP contribution in [0.1, 0.15) is 35.1 Å². The van der Waals surface area contributed by atoms with E-state index in [-0.39, 0.29) is 0 Å². The summed E-state index contributed by atoms with van der Waals surface area (Å²) in [4.78, 5) is 2.36. The maximum Gasteiger partial charge on any atom is 0.255 e. The van der Waals surface area contributed by atoms with Gasteiger partial charge in [-0.2, -0.15) is 0 Å². The highest BCUT2D eigenvalue weighted by molar-refractivity contribution is 7.95. The largest absolute Gasteiger partial charge is 0.371 e. The van der Waals surface area contributed by atoms with Gasteiger partial charge < -0.3 is 4.90 Å². The predicted molar refractivity (Wildman–Crippen MR) is 110 cm³/mol. The Morgan fingerprint density at radius 2 is 1.65 bits per heavy atom. The third-order valence-electron chi connectivity index (χ3n) is 4.84. The van der Waals surface area contributed by atoms with Crippen molar-refractivity contribution in [3.05, 3.63) is 64.1 Å². The molecule has 2 aromatic rings. The van der Waals surface area contributed by atoms with Gasteiger partial charge in [-0.1, -0.05) is 36.4 Å². The Bertz CT molecular complexity index is 913. The summed E-state index contributed by atoms with van der Waals surface area (Å²) in [6.45, 7) is 8.12. The van der Waals surface area contributed by atoms with Crippen LogP contribution < -0.4 is 9.62 Å². The second kappa shape index (κ2) is 7.54. The van der Waals surface area contributed by atoms with Crippen LogP contribution in [0, 0.1) is 20.8 Å². The van der Waals surface area contributed by atoms with Gasteiger partial charge in [-0.05, 0) is 61.9 Å². The lowest BCUT2D eigenvalue weighted by molar-refractivity contribution is 0.609. The third kappa shape index (κ3) is 4.10. The molecule has 1 N–H and O–H groups in total. The topological polar surface area (TPSA) is 49.4 Å². The third-order valence-corrected chi connectivity index (χ3v) is 5.82. The van der Waals surface area contributed by atoms with Crippen molar-refractivity contribution in [2.45, 2.75) is 33.6 Å². The molecule has 4 nitrogen and oxygen atoms in total. The predicted octanol–water partition coefficient (Wildman–Crippen LogP) is 4.62. The second-order valence-electron chi connectivity index (χ2n) is 6.91. The van der Waals surface area contributed by atoms with Gasteiger partial charge in [-0.25, -0.2) is 8.42 Å². The molecule has 0 amide bonds. The molecule has 0 atom stereocenters. The maximum atomic E-state index is 12.6. The highest BCUT2D eigenvalue weighted by atomic mass is 32.2. The molecule has 1 aliphatic rings. The van der Waals surface area contributed by atoms with E-state index in [0.29, 0.717) is 5.69 Å². The molecular weight excluding hydrogens is 344 g/mol. The van der Waals surface area contributed by atoms with Crippen molar-refractivity contribution >= 4 is 27.5 Å². The zero-order valence-electron chi connectivity index (χ0n) is 15.6. The van der Waals surface area contributed by atoms with E-state index in [1.807, 2.05) is 44.2 Å². The van der Waals surface area contributed by atoms with Crippen LogP contribution in [0.2, 0.25) is 0 Å². The molecule has 1 fully saturated rings. The normalized spacial score (nSPS) is 15.0. The lowest BCUT2D eigenvalue weighted by atomic mass is 10.0. The molecule has 1 aliphatic heterocycles. The van der Waals surface area contributed by atoms with E-state index < -0.39 is 10.0 Å². The van der Waals surface area contributed by atoms with Crippen molar-refractivity contribution < 1.29 is 8.42 Å². The number of benzene rings is 2. The molecule has 0 radical (unpaired) electrons. The van der Waals surface area contributed by atoms with Crippen LogP contribution in [0.15, 0.2) is 41.8 Å². The molecule has 0 aromatic heterocycles. The van der Waals surface area contributed by atoms with Gasteiger partial charge in [-0.3, -0.25) is 4.72 Å². The van der Waals surface area contributed by atoms with Crippen LogP contribution in [0.25, 0.3) is 6.08 Å². The van der Waals surface area contributed by atoms with Crippen molar-refractivity contribution in [2.24, 2.45) is 0 Å². The summed E-state index contributed by atoms with van der Waals surface area (Å²) >= 11 is 0. The maximum absolute atomic E-state index is 12.6. The van der Waals surface area contributed by atoms with Crippen LogP contribution in [-0.4, -0.2) is 21.5 Å².